The number of amides is 1. The molecule has 4 nitrogen and oxygen atoms in total. The van der Waals surface area contributed by atoms with Crippen LogP contribution in [0.1, 0.15) is 32.1 Å². The van der Waals surface area contributed by atoms with E-state index in [1.54, 1.807) is 7.11 Å². The fourth-order valence-electron chi connectivity index (χ4n) is 3.48. The van der Waals surface area contributed by atoms with E-state index in [0.29, 0.717) is 5.92 Å². The number of hydrogen-bond acceptors (Lipinski definition) is 3. The Morgan fingerprint density at radius 1 is 1.53 bits per heavy atom. The van der Waals surface area contributed by atoms with Crippen molar-refractivity contribution in [2.75, 3.05) is 26.8 Å². The molecule has 1 unspecified atom stereocenters. The molecule has 0 aromatic heterocycles. The summed E-state index contributed by atoms with van der Waals surface area (Å²) in [4.78, 5) is 13.7. The van der Waals surface area contributed by atoms with Crippen molar-refractivity contribution >= 4 is 5.91 Å². The second-order valence-electron chi connectivity index (χ2n) is 5.33. The van der Waals surface area contributed by atoms with Crippen molar-refractivity contribution in [3.05, 3.63) is 0 Å². The van der Waals surface area contributed by atoms with Crippen LogP contribution in [0.15, 0.2) is 0 Å². The molecule has 2 aliphatic rings. The van der Waals surface area contributed by atoms with Gasteiger partial charge >= 0.3 is 0 Å². The normalized spacial score (nSPS) is 26.4. The molecule has 4 heteroatoms. The van der Waals surface area contributed by atoms with Crippen molar-refractivity contribution in [1.29, 1.82) is 5.26 Å². The van der Waals surface area contributed by atoms with Crippen molar-refractivity contribution in [3.63, 3.8) is 0 Å². The molecular formula is C13H20N2O2. The van der Waals surface area contributed by atoms with E-state index in [1.165, 1.54) is 25.7 Å². The topological polar surface area (TPSA) is 53.3 Å². The van der Waals surface area contributed by atoms with Crippen LogP contribution >= 0.6 is 0 Å². The van der Waals surface area contributed by atoms with Gasteiger partial charge in [0.1, 0.15) is 6.42 Å². The highest BCUT2D eigenvalue weighted by Crippen LogP contribution is 2.49. The fraction of sp³-hybridized carbons (Fsp3) is 0.846. The molecule has 1 aliphatic carbocycles. The molecule has 0 N–H and O–H groups in total. The monoisotopic (exact) mass is 236 g/mol. The van der Waals surface area contributed by atoms with Crippen LogP contribution in [-0.2, 0) is 9.53 Å². The largest absolute Gasteiger partial charge is 0.384 e. The van der Waals surface area contributed by atoms with Crippen molar-refractivity contribution in [1.82, 2.24) is 4.90 Å². The predicted molar refractivity (Wildman–Crippen MR) is 63.1 cm³/mol. The van der Waals surface area contributed by atoms with Crippen LogP contribution in [-0.4, -0.2) is 37.6 Å². The molecule has 1 aliphatic heterocycles. The first-order valence-electron chi connectivity index (χ1n) is 6.35. The molecule has 1 amide bonds. The minimum Gasteiger partial charge on any atom is -0.384 e. The maximum atomic E-state index is 11.8. The molecule has 2 rings (SSSR count). The Morgan fingerprint density at radius 2 is 2.24 bits per heavy atom. The summed E-state index contributed by atoms with van der Waals surface area (Å²) >= 11 is 0. The SMILES string of the molecule is COCC1CN(C(=O)CC#N)CC12CCCC2. The van der Waals surface area contributed by atoms with Crippen LogP contribution in [0.5, 0.6) is 0 Å². The first-order valence-corrected chi connectivity index (χ1v) is 6.35. The number of likely N-dealkylation sites (tertiary alicyclic amines) is 1. The van der Waals surface area contributed by atoms with Gasteiger partial charge in [0.25, 0.3) is 0 Å². The first-order chi connectivity index (χ1) is 8.22. The maximum Gasteiger partial charge on any atom is 0.236 e. The number of hydrogen-bond donors (Lipinski definition) is 0. The average Bonchev–Trinajstić information content (AvgIpc) is 2.90. The second kappa shape index (κ2) is 5.05. The van der Waals surface area contributed by atoms with Crippen LogP contribution in [0, 0.1) is 22.7 Å². The van der Waals surface area contributed by atoms with E-state index in [1.807, 2.05) is 11.0 Å². The zero-order chi connectivity index (χ0) is 12.3. The van der Waals surface area contributed by atoms with Gasteiger partial charge in [0.2, 0.25) is 5.91 Å². The first kappa shape index (κ1) is 12.4. The third-order valence-electron chi connectivity index (χ3n) is 4.36. The van der Waals surface area contributed by atoms with Gasteiger partial charge in [-0.2, -0.15) is 5.26 Å². The van der Waals surface area contributed by atoms with Crippen LogP contribution in [0.4, 0.5) is 0 Å². The highest BCUT2D eigenvalue weighted by atomic mass is 16.5. The second-order valence-corrected chi connectivity index (χ2v) is 5.33. The lowest BCUT2D eigenvalue weighted by molar-refractivity contribution is -0.129. The summed E-state index contributed by atoms with van der Waals surface area (Å²) in [6.45, 7) is 2.34. The standard InChI is InChI=1S/C13H20N2O2/c1-17-9-11-8-15(12(16)4-7-14)10-13(11)5-2-3-6-13/h11H,2-6,8-10H2,1H3. The van der Waals surface area contributed by atoms with Gasteiger partial charge in [-0.25, -0.2) is 0 Å². The lowest BCUT2D eigenvalue weighted by atomic mass is 9.77. The third-order valence-corrected chi connectivity index (χ3v) is 4.36. The van der Waals surface area contributed by atoms with Gasteiger partial charge < -0.3 is 9.64 Å². The molecule has 1 saturated heterocycles. The molecule has 1 spiro atoms. The average molecular weight is 236 g/mol. The molecule has 0 aromatic carbocycles. The minimum absolute atomic E-state index is 0.00970. The summed E-state index contributed by atoms with van der Waals surface area (Å²) in [5.41, 5.74) is 0.279. The zero-order valence-corrected chi connectivity index (χ0v) is 10.4. The summed E-state index contributed by atoms with van der Waals surface area (Å²) in [6, 6.07) is 1.95. The molecule has 0 radical (unpaired) electrons. The Labute approximate surface area is 103 Å². The summed E-state index contributed by atoms with van der Waals surface area (Å²) in [7, 11) is 1.72. The van der Waals surface area contributed by atoms with Crippen molar-refractivity contribution in [3.8, 4) is 6.07 Å². The van der Waals surface area contributed by atoms with Gasteiger partial charge in [-0.1, -0.05) is 12.8 Å². The van der Waals surface area contributed by atoms with Crippen LogP contribution in [0.2, 0.25) is 0 Å². The minimum atomic E-state index is -0.0163. The molecule has 17 heavy (non-hydrogen) atoms. The predicted octanol–water partition coefficient (Wildman–Crippen LogP) is 1.57. The highest BCUT2D eigenvalue weighted by molar-refractivity contribution is 5.78. The molecular weight excluding hydrogens is 216 g/mol. The lowest BCUT2D eigenvalue weighted by Crippen LogP contribution is -2.31. The molecule has 94 valence electrons. The summed E-state index contributed by atoms with van der Waals surface area (Å²) in [5, 5.41) is 8.60. The summed E-state index contributed by atoms with van der Waals surface area (Å²) in [6.07, 6.45) is 4.95. The Bertz CT molecular complexity index is 329. The van der Waals surface area contributed by atoms with Crippen molar-refractivity contribution < 1.29 is 9.53 Å². The number of carbonyl (C=O) groups is 1. The number of methoxy groups -OCH3 is 1. The Hall–Kier alpha value is -1.08. The van der Waals surface area contributed by atoms with Gasteiger partial charge in [-0.05, 0) is 18.3 Å². The van der Waals surface area contributed by atoms with Crippen molar-refractivity contribution in [2.24, 2.45) is 11.3 Å². The molecule has 0 aromatic rings. The van der Waals surface area contributed by atoms with Crippen molar-refractivity contribution in [2.45, 2.75) is 32.1 Å². The third kappa shape index (κ3) is 2.30. The van der Waals surface area contributed by atoms with E-state index < -0.39 is 0 Å². The molecule has 1 heterocycles. The quantitative estimate of drug-likeness (QED) is 0.747. The molecule has 0 bridgehead atoms. The van der Waals surface area contributed by atoms with E-state index in [-0.39, 0.29) is 17.7 Å². The van der Waals surface area contributed by atoms with E-state index in [2.05, 4.69) is 0 Å². The number of ether oxygens (including phenoxy) is 1. The Balaban J connectivity index is 2.07. The van der Waals surface area contributed by atoms with E-state index in [0.717, 1.165) is 19.7 Å². The summed E-state index contributed by atoms with van der Waals surface area (Å²) in [5.74, 6) is 0.440. The van der Waals surface area contributed by atoms with E-state index >= 15 is 0 Å². The number of nitrogens with zero attached hydrogens (tertiary/aromatic N) is 2. The van der Waals surface area contributed by atoms with Crippen LogP contribution < -0.4 is 0 Å². The fourth-order valence-corrected chi connectivity index (χ4v) is 3.48. The van der Waals surface area contributed by atoms with Gasteiger partial charge in [-0.15, -0.1) is 0 Å². The molecule has 1 saturated carbocycles. The van der Waals surface area contributed by atoms with Crippen LogP contribution in [0.25, 0.3) is 0 Å². The number of nitriles is 1. The molecule has 2 fully saturated rings. The highest BCUT2D eigenvalue weighted by Gasteiger charge is 2.48. The van der Waals surface area contributed by atoms with E-state index in [4.69, 9.17) is 10.00 Å². The lowest BCUT2D eigenvalue weighted by Gasteiger charge is -2.29. The van der Waals surface area contributed by atoms with Crippen LogP contribution in [0.3, 0.4) is 0 Å². The van der Waals surface area contributed by atoms with Gasteiger partial charge in [0, 0.05) is 26.1 Å². The smallest absolute Gasteiger partial charge is 0.236 e. The maximum absolute atomic E-state index is 11.8. The van der Waals surface area contributed by atoms with Gasteiger partial charge in [-0.3, -0.25) is 4.79 Å². The number of carbonyl (C=O) groups excluding carboxylic acids is 1. The van der Waals surface area contributed by atoms with Gasteiger partial charge in [0.15, 0.2) is 0 Å². The Kier molecular flexibility index (Phi) is 3.68. The molecule has 1 atom stereocenters. The number of rotatable bonds is 3. The summed E-state index contributed by atoms with van der Waals surface area (Å²) < 4.78 is 5.30. The van der Waals surface area contributed by atoms with Gasteiger partial charge in [0.05, 0.1) is 12.7 Å². The van der Waals surface area contributed by atoms with E-state index in [9.17, 15) is 4.79 Å². The Morgan fingerprint density at radius 3 is 2.82 bits per heavy atom. The zero-order valence-electron chi connectivity index (χ0n) is 10.4.